The Labute approximate surface area is 266 Å². The van der Waals surface area contributed by atoms with Gasteiger partial charge >= 0.3 is 0 Å². The fraction of sp³-hybridized carbons (Fsp3) is 0.312. The summed E-state index contributed by atoms with van der Waals surface area (Å²) in [6.45, 7) is 1.67. The predicted molar refractivity (Wildman–Crippen MR) is 168 cm³/mol. The number of primary amides is 1. The summed E-state index contributed by atoms with van der Waals surface area (Å²) >= 11 is 1.27. The van der Waals surface area contributed by atoms with Crippen molar-refractivity contribution in [1.29, 1.82) is 0 Å². The average molecular weight is 649 g/mol. The molecule has 240 valence electrons. The van der Waals surface area contributed by atoms with Crippen LogP contribution in [0.25, 0.3) is 17.0 Å². The molecule has 0 bridgehead atoms. The van der Waals surface area contributed by atoms with E-state index in [4.69, 9.17) is 10.5 Å². The van der Waals surface area contributed by atoms with E-state index in [0.717, 1.165) is 5.56 Å². The predicted octanol–water partition coefficient (Wildman–Crippen LogP) is 2.37. The number of carbonyl (C=O) groups excluding carboxylic acids is 3. The molecule has 13 nitrogen and oxygen atoms in total. The number of likely N-dealkylation sites (N-methyl/N-ethyl adjacent to an activating group) is 1. The fourth-order valence-corrected chi connectivity index (χ4v) is 7.79. The van der Waals surface area contributed by atoms with Crippen molar-refractivity contribution in [2.24, 2.45) is 17.6 Å². The lowest BCUT2D eigenvalue weighted by molar-refractivity contribution is -0.169. The number of aromatic hydroxyl groups is 1. The number of aliphatic hydroxyl groups excluding tert-OH is 3. The van der Waals surface area contributed by atoms with Crippen molar-refractivity contribution in [1.82, 2.24) is 9.88 Å². The van der Waals surface area contributed by atoms with Crippen molar-refractivity contribution in [2.75, 3.05) is 26.5 Å². The Bertz CT molecular complexity index is 1860. The van der Waals surface area contributed by atoms with Crippen LogP contribution >= 0.6 is 11.3 Å². The molecule has 46 heavy (non-hydrogen) atoms. The second-order valence-electron chi connectivity index (χ2n) is 11.9. The first-order chi connectivity index (χ1) is 21.7. The average Bonchev–Trinajstić information content (AvgIpc) is 3.48. The van der Waals surface area contributed by atoms with Crippen molar-refractivity contribution in [3.05, 3.63) is 69.8 Å². The molecular formula is C32H32N4O9S. The fourth-order valence-electron chi connectivity index (χ4n) is 7.06. The number of thiazole rings is 1. The summed E-state index contributed by atoms with van der Waals surface area (Å²) in [7, 11) is 4.49. The molecule has 0 spiro atoms. The number of Topliss-reactive ketones (excluding diaryl/α,β-unsaturated/α-hetero) is 2. The molecular weight excluding hydrogens is 616 g/mol. The molecule has 3 aliphatic rings. The number of benzene rings is 2. The molecule has 1 amide bonds. The Morgan fingerprint density at radius 3 is 2.39 bits per heavy atom. The van der Waals surface area contributed by atoms with E-state index in [1.807, 2.05) is 17.5 Å². The summed E-state index contributed by atoms with van der Waals surface area (Å²) in [5.74, 6) is -8.75. The van der Waals surface area contributed by atoms with Gasteiger partial charge in [-0.25, -0.2) is 4.98 Å². The van der Waals surface area contributed by atoms with Gasteiger partial charge in [-0.15, -0.1) is 11.3 Å². The minimum Gasteiger partial charge on any atom is -0.508 e. The SMILES string of the molecule is COc1ccc(-c2csc(Nc3ccc4c(c3O)C(O)=C3C(=O)[C@@]5(O)C(O)=C(C(N)=O)C(=O)[C@H](N(C)C)[C@H]5[C@H](O)[C@H]3[C@@H]4C)n2)cc1. The number of nitrogens with one attached hydrogen (secondary N) is 1. The number of ketones is 2. The highest BCUT2D eigenvalue weighted by Crippen LogP contribution is 2.56. The lowest BCUT2D eigenvalue weighted by atomic mass is 9.54. The van der Waals surface area contributed by atoms with E-state index in [9.17, 15) is 39.9 Å². The van der Waals surface area contributed by atoms with Crippen LogP contribution < -0.4 is 15.8 Å². The van der Waals surface area contributed by atoms with Crippen molar-refractivity contribution >= 4 is 45.4 Å². The smallest absolute Gasteiger partial charge is 0.255 e. The number of rotatable bonds is 6. The van der Waals surface area contributed by atoms with Crippen LogP contribution in [0.4, 0.5) is 10.8 Å². The number of fused-ring (bicyclic) bond motifs is 3. The van der Waals surface area contributed by atoms with E-state index in [1.165, 1.54) is 30.3 Å². The molecule has 1 saturated carbocycles. The number of anilines is 2. The van der Waals surface area contributed by atoms with Gasteiger partial charge in [0.25, 0.3) is 5.91 Å². The maximum atomic E-state index is 14.2. The summed E-state index contributed by atoms with van der Waals surface area (Å²) in [4.78, 5) is 45.6. The molecule has 1 fully saturated rings. The van der Waals surface area contributed by atoms with Gasteiger partial charge in [0.1, 0.15) is 28.6 Å². The van der Waals surface area contributed by atoms with Crippen LogP contribution in [0.3, 0.4) is 0 Å². The van der Waals surface area contributed by atoms with Gasteiger partial charge in [-0.1, -0.05) is 13.0 Å². The van der Waals surface area contributed by atoms with E-state index >= 15 is 0 Å². The third kappa shape index (κ3) is 4.32. The highest BCUT2D eigenvalue weighted by atomic mass is 32.1. The number of aliphatic hydroxyl groups is 4. The van der Waals surface area contributed by atoms with Gasteiger partial charge < -0.3 is 41.3 Å². The molecule has 3 aliphatic carbocycles. The third-order valence-corrected chi connectivity index (χ3v) is 10.0. The van der Waals surface area contributed by atoms with E-state index in [2.05, 4.69) is 10.3 Å². The van der Waals surface area contributed by atoms with Gasteiger partial charge in [0.2, 0.25) is 5.78 Å². The Hall–Kier alpha value is -4.76. The number of hydrogen-bond donors (Lipinski definition) is 7. The summed E-state index contributed by atoms with van der Waals surface area (Å²) < 4.78 is 5.20. The first kappa shape index (κ1) is 31.2. The number of amides is 1. The Morgan fingerprint density at radius 1 is 1.11 bits per heavy atom. The largest absolute Gasteiger partial charge is 0.508 e. The Kier molecular flexibility index (Phi) is 7.43. The van der Waals surface area contributed by atoms with Crippen molar-refractivity contribution in [2.45, 2.75) is 30.6 Å². The molecule has 3 aromatic rings. The van der Waals surface area contributed by atoms with E-state index in [1.54, 1.807) is 38.3 Å². The molecule has 0 saturated heterocycles. The van der Waals surface area contributed by atoms with Gasteiger partial charge in [0.05, 0.1) is 42.1 Å². The van der Waals surface area contributed by atoms with Crippen molar-refractivity contribution < 1.29 is 44.7 Å². The van der Waals surface area contributed by atoms with Crippen LogP contribution in [0.15, 0.2) is 58.7 Å². The van der Waals surface area contributed by atoms with Crippen LogP contribution in [-0.4, -0.2) is 91.8 Å². The number of methoxy groups -OCH3 is 1. The molecule has 0 radical (unpaired) electrons. The van der Waals surface area contributed by atoms with E-state index < -0.39 is 81.4 Å². The molecule has 0 unspecified atom stereocenters. The third-order valence-electron chi connectivity index (χ3n) is 9.26. The molecule has 6 rings (SSSR count). The quantitative estimate of drug-likeness (QED) is 0.152. The first-order valence-electron chi connectivity index (χ1n) is 14.3. The monoisotopic (exact) mass is 648 g/mol. The van der Waals surface area contributed by atoms with E-state index in [0.29, 0.717) is 22.1 Å². The Balaban J connectivity index is 1.44. The standard InChI is InChI=1S/C32H32N4O9S/c1-12-15-9-10-16(34-31-35-17(11-46-31)13-5-7-14(45-4)8-6-13)24(37)19(15)25(38)20-18(12)26(39)22-23(36(2)3)27(40)21(30(33)43)29(42)32(22,44)28(20)41/h5-12,18,22-23,26,37-39,42,44H,1-4H3,(H2,33,43)(H,34,35)/t12-,18+,22+,23-,26-,32-/m1/s1. The first-order valence-corrected chi connectivity index (χ1v) is 15.2. The molecule has 8 N–H and O–H groups in total. The molecule has 0 aliphatic heterocycles. The second kappa shape index (κ2) is 10.9. The lowest BCUT2D eigenvalue weighted by Crippen LogP contribution is -2.70. The van der Waals surface area contributed by atoms with Crippen LogP contribution in [0.1, 0.15) is 24.0 Å². The molecule has 1 aromatic heterocycles. The van der Waals surface area contributed by atoms with E-state index in [-0.39, 0.29) is 11.3 Å². The van der Waals surface area contributed by atoms with Gasteiger partial charge in [-0.05, 0) is 55.9 Å². The second-order valence-corrected chi connectivity index (χ2v) is 12.7. The van der Waals surface area contributed by atoms with Gasteiger partial charge in [0, 0.05) is 22.4 Å². The number of phenolic OH excluding ortho intramolecular Hbond substituents is 1. The van der Waals surface area contributed by atoms with Crippen LogP contribution in [0.2, 0.25) is 0 Å². The minimum absolute atomic E-state index is 0.118. The van der Waals surface area contributed by atoms with Crippen molar-refractivity contribution in [3.8, 4) is 22.8 Å². The number of nitrogens with zero attached hydrogens (tertiary/aromatic N) is 2. The summed E-state index contributed by atoms with van der Waals surface area (Å²) in [5.41, 5.74) is 2.91. The topological polar surface area (TPSA) is 216 Å². The van der Waals surface area contributed by atoms with Crippen LogP contribution in [-0.2, 0) is 14.4 Å². The zero-order valence-corrected chi connectivity index (χ0v) is 26.0. The lowest BCUT2D eigenvalue weighted by Gasteiger charge is -2.53. The molecule has 1 heterocycles. The normalized spacial score (nSPS) is 27.3. The number of nitrogens with two attached hydrogens (primary N) is 1. The number of hydrogen-bond acceptors (Lipinski definition) is 13. The molecule has 6 atom stereocenters. The zero-order valence-electron chi connectivity index (χ0n) is 25.2. The summed E-state index contributed by atoms with van der Waals surface area (Å²) in [6, 6.07) is 9.11. The number of carbonyl (C=O) groups is 3. The van der Waals surface area contributed by atoms with Crippen molar-refractivity contribution in [3.63, 3.8) is 0 Å². The van der Waals surface area contributed by atoms with Gasteiger partial charge in [-0.3, -0.25) is 19.3 Å². The zero-order chi connectivity index (χ0) is 33.4. The number of ether oxygens (including phenoxy) is 1. The molecule has 14 heteroatoms. The van der Waals surface area contributed by atoms with Crippen LogP contribution in [0, 0.1) is 11.8 Å². The Morgan fingerprint density at radius 2 is 1.78 bits per heavy atom. The maximum Gasteiger partial charge on any atom is 0.255 e. The summed E-state index contributed by atoms with van der Waals surface area (Å²) in [5, 5.41) is 62.9. The minimum atomic E-state index is -2.98. The summed E-state index contributed by atoms with van der Waals surface area (Å²) in [6.07, 6.45) is -1.66. The highest BCUT2D eigenvalue weighted by molar-refractivity contribution is 7.14. The molecule has 2 aromatic carbocycles. The maximum absolute atomic E-state index is 14.2. The number of phenols is 1. The van der Waals surface area contributed by atoms with Gasteiger partial charge in [0.15, 0.2) is 16.5 Å². The number of aromatic nitrogens is 1. The van der Waals surface area contributed by atoms with Crippen LogP contribution in [0.5, 0.6) is 11.5 Å². The highest BCUT2D eigenvalue weighted by Gasteiger charge is 2.68. The van der Waals surface area contributed by atoms with Gasteiger partial charge in [-0.2, -0.15) is 0 Å².